The van der Waals surface area contributed by atoms with Crippen LogP contribution in [-0.2, 0) is 9.47 Å². The Morgan fingerprint density at radius 1 is 1.22 bits per heavy atom. The lowest BCUT2D eigenvalue weighted by atomic mass is 10.1. The van der Waals surface area contributed by atoms with Gasteiger partial charge in [0.1, 0.15) is 18.2 Å². The van der Waals surface area contributed by atoms with Gasteiger partial charge in [0.05, 0.1) is 25.4 Å². The van der Waals surface area contributed by atoms with Gasteiger partial charge in [-0.15, -0.1) is 0 Å². The number of aryl methyl sites for hydroxylation is 1. The summed E-state index contributed by atoms with van der Waals surface area (Å²) in [6, 6.07) is 5.55. The molecular weight excluding hydrogens is 232 g/mol. The second-order valence-corrected chi connectivity index (χ2v) is 3.82. The van der Waals surface area contributed by atoms with Crippen molar-refractivity contribution in [2.24, 2.45) is 5.73 Å². The topological polar surface area (TPSA) is 77.6 Å². The zero-order valence-corrected chi connectivity index (χ0v) is 10.9. The molecule has 1 aromatic rings. The minimum absolute atomic E-state index is 0.00833. The van der Waals surface area contributed by atoms with Gasteiger partial charge in [0, 0.05) is 7.11 Å². The van der Waals surface area contributed by atoms with Gasteiger partial charge in [-0.05, 0) is 18.6 Å². The number of para-hydroxylation sites is 1. The molecule has 3 N–H and O–H groups in total. The smallest absolute Gasteiger partial charge is 0.133 e. The van der Waals surface area contributed by atoms with Crippen molar-refractivity contribution in [3.05, 3.63) is 29.3 Å². The molecule has 0 aromatic heterocycles. The lowest BCUT2D eigenvalue weighted by molar-refractivity contribution is 0.0543. The van der Waals surface area contributed by atoms with E-state index < -0.39 is 0 Å². The third-order valence-electron chi connectivity index (χ3n) is 2.41. The molecule has 0 aliphatic rings. The summed E-state index contributed by atoms with van der Waals surface area (Å²) in [6.45, 7) is 3.95. The van der Waals surface area contributed by atoms with Crippen LogP contribution >= 0.6 is 0 Å². The first-order valence-corrected chi connectivity index (χ1v) is 5.80. The number of nitrogen functional groups attached to an aromatic ring is 1. The van der Waals surface area contributed by atoms with Crippen molar-refractivity contribution in [2.75, 3.05) is 33.5 Å². The fourth-order valence-corrected chi connectivity index (χ4v) is 1.50. The van der Waals surface area contributed by atoms with Gasteiger partial charge >= 0.3 is 0 Å². The van der Waals surface area contributed by atoms with Gasteiger partial charge in [0.25, 0.3) is 0 Å². The van der Waals surface area contributed by atoms with Gasteiger partial charge in [-0.25, -0.2) is 0 Å². The lowest BCUT2D eigenvalue weighted by Crippen LogP contribution is -2.16. The Morgan fingerprint density at radius 2 is 1.94 bits per heavy atom. The summed E-state index contributed by atoms with van der Waals surface area (Å²) < 4.78 is 15.8. The Kier molecular flexibility index (Phi) is 6.18. The maximum atomic E-state index is 7.49. The zero-order valence-electron chi connectivity index (χ0n) is 10.9. The normalized spacial score (nSPS) is 10.3. The van der Waals surface area contributed by atoms with Crippen molar-refractivity contribution in [1.29, 1.82) is 5.41 Å². The number of benzene rings is 1. The molecule has 0 spiro atoms. The van der Waals surface area contributed by atoms with E-state index in [0.29, 0.717) is 37.7 Å². The standard InChI is InChI=1S/C13H20N2O3/c1-10-4-3-5-11(13(14)15)12(10)18-9-8-17-7-6-16-2/h3-5H,6-9H2,1-2H3,(H3,14,15). The SMILES string of the molecule is COCCOCCOc1c(C)cccc1C(=N)N. The number of amidine groups is 1. The highest BCUT2D eigenvalue weighted by atomic mass is 16.5. The summed E-state index contributed by atoms with van der Waals surface area (Å²) in [5.41, 5.74) is 7.08. The van der Waals surface area contributed by atoms with Crippen LogP contribution in [0.1, 0.15) is 11.1 Å². The molecule has 5 nitrogen and oxygen atoms in total. The van der Waals surface area contributed by atoms with Crippen molar-refractivity contribution < 1.29 is 14.2 Å². The van der Waals surface area contributed by atoms with Gasteiger partial charge in [0.2, 0.25) is 0 Å². The molecular formula is C13H20N2O3. The molecule has 5 heteroatoms. The first-order valence-electron chi connectivity index (χ1n) is 5.80. The molecule has 0 aliphatic carbocycles. The van der Waals surface area contributed by atoms with Crippen molar-refractivity contribution in [1.82, 2.24) is 0 Å². The molecule has 0 atom stereocenters. The van der Waals surface area contributed by atoms with Crippen LogP contribution in [0.2, 0.25) is 0 Å². The van der Waals surface area contributed by atoms with Gasteiger partial charge < -0.3 is 19.9 Å². The van der Waals surface area contributed by atoms with E-state index in [4.69, 9.17) is 25.4 Å². The van der Waals surface area contributed by atoms with E-state index in [-0.39, 0.29) is 5.84 Å². The molecule has 0 bridgehead atoms. The molecule has 0 saturated heterocycles. The van der Waals surface area contributed by atoms with E-state index >= 15 is 0 Å². The summed E-state index contributed by atoms with van der Waals surface area (Å²) in [5.74, 6) is 0.661. The van der Waals surface area contributed by atoms with Gasteiger partial charge in [0.15, 0.2) is 0 Å². The summed E-state index contributed by atoms with van der Waals surface area (Å²) in [4.78, 5) is 0. The van der Waals surface area contributed by atoms with E-state index in [1.54, 1.807) is 13.2 Å². The number of methoxy groups -OCH3 is 1. The first-order chi connectivity index (χ1) is 8.66. The van der Waals surface area contributed by atoms with Gasteiger partial charge in [-0.3, -0.25) is 5.41 Å². The van der Waals surface area contributed by atoms with Crippen LogP contribution in [0, 0.1) is 12.3 Å². The highest BCUT2D eigenvalue weighted by Gasteiger charge is 2.08. The van der Waals surface area contributed by atoms with E-state index in [2.05, 4.69) is 0 Å². The maximum Gasteiger partial charge on any atom is 0.133 e. The molecule has 0 radical (unpaired) electrons. The predicted octanol–water partition coefficient (Wildman–Crippen LogP) is 1.32. The van der Waals surface area contributed by atoms with Crippen LogP contribution in [0.4, 0.5) is 0 Å². The summed E-state index contributed by atoms with van der Waals surface area (Å²) in [6.07, 6.45) is 0. The van der Waals surface area contributed by atoms with E-state index in [1.807, 2.05) is 19.1 Å². The monoisotopic (exact) mass is 252 g/mol. The molecule has 0 fully saturated rings. The van der Waals surface area contributed by atoms with E-state index in [9.17, 15) is 0 Å². The Morgan fingerprint density at radius 3 is 2.61 bits per heavy atom. The highest BCUT2D eigenvalue weighted by molar-refractivity contribution is 5.98. The van der Waals surface area contributed by atoms with Crippen molar-refractivity contribution in [2.45, 2.75) is 6.92 Å². The Balaban J connectivity index is 2.48. The Bertz CT molecular complexity index is 394. The molecule has 0 heterocycles. The largest absolute Gasteiger partial charge is 0.490 e. The van der Waals surface area contributed by atoms with Crippen molar-refractivity contribution in [3.8, 4) is 5.75 Å². The third kappa shape index (κ3) is 4.35. The number of ether oxygens (including phenoxy) is 3. The average molecular weight is 252 g/mol. The van der Waals surface area contributed by atoms with Gasteiger partial charge in [-0.1, -0.05) is 12.1 Å². The highest BCUT2D eigenvalue weighted by Crippen LogP contribution is 2.22. The van der Waals surface area contributed by atoms with Crippen molar-refractivity contribution >= 4 is 5.84 Å². The van der Waals surface area contributed by atoms with Crippen LogP contribution in [-0.4, -0.2) is 39.4 Å². The van der Waals surface area contributed by atoms with E-state index in [0.717, 1.165) is 5.56 Å². The van der Waals surface area contributed by atoms with Crippen LogP contribution in [0.15, 0.2) is 18.2 Å². The average Bonchev–Trinajstić information content (AvgIpc) is 2.34. The minimum Gasteiger partial charge on any atom is -0.490 e. The maximum absolute atomic E-state index is 7.49. The second kappa shape index (κ2) is 7.68. The van der Waals surface area contributed by atoms with Crippen LogP contribution in [0.25, 0.3) is 0 Å². The second-order valence-electron chi connectivity index (χ2n) is 3.82. The molecule has 0 saturated carbocycles. The lowest BCUT2D eigenvalue weighted by Gasteiger charge is -2.13. The van der Waals surface area contributed by atoms with Crippen molar-refractivity contribution in [3.63, 3.8) is 0 Å². The summed E-state index contributed by atoms with van der Waals surface area (Å²) in [5, 5.41) is 7.49. The summed E-state index contributed by atoms with van der Waals surface area (Å²) in [7, 11) is 1.63. The van der Waals surface area contributed by atoms with Crippen LogP contribution in [0.5, 0.6) is 5.75 Å². The van der Waals surface area contributed by atoms with Crippen LogP contribution < -0.4 is 10.5 Å². The molecule has 1 aromatic carbocycles. The van der Waals surface area contributed by atoms with E-state index in [1.165, 1.54) is 0 Å². The van der Waals surface area contributed by atoms with Crippen LogP contribution in [0.3, 0.4) is 0 Å². The minimum atomic E-state index is 0.00833. The number of nitrogens with two attached hydrogens (primary N) is 1. The first kappa shape index (κ1) is 14.5. The molecule has 100 valence electrons. The number of hydrogen-bond acceptors (Lipinski definition) is 4. The fraction of sp³-hybridized carbons (Fsp3) is 0.462. The predicted molar refractivity (Wildman–Crippen MR) is 70.4 cm³/mol. The molecule has 0 aliphatic heterocycles. The Labute approximate surface area is 107 Å². The zero-order chi connectivity index (χ0) is 13.4. The molecule has 0 amide bonds. The fourth-order valence-electron chi connectivity index (χ4n) is 1.50. The molecule has 18 heavy (non-hydrogen) atoms. The number of rotatable bonds is 8. The van der Waals surface area contributed by atoms with Gasteiger partial charge in [-0.2, -0.15) is 0 Å². The molecule has 0 unspecified atom stereocenters. The third-order valence-corrected chi connectivity index (χ3v) is 2.41. The molecule has 1 rings (SSSR count). The number of hydrogen-bond donors (Lipinski definition) is 2. The number of nitrogens with one attached hydrogen (secondary N) is 1. The Hall–Kier alpha value is -1.59. The quantitative estimate of drug-likeness (QED) is 0.415. The summed E-state index contributed by atoms with van der Waals surface area (Å²) >= 11 is 0.